The molecule has 5 heteroatoms. The van der Waals surface area contributed by atoms with E-state index in [2.05, 4.69) is 19.6 Å². The van der Waals surface area contributed by atoms with Crippen molar-refractivity contribution in [2.24, 2.45) is 11.8 Å². The van der Waals surface area contributed by atoms with Crippen LogP contribution in [0, 0.1) is 11.8 Å². The highest BCUT2D eigenvalue weighted by atomic mass is 35.5. The van der Waals surface area contributed by atoms with E-state index in [1.54, 1.807) is 0 Å². The Morgan fingerprint density at radius 1 is 1.11 bits per heavy atom. The highest BCUT2D eigenvalue weighted by Gasteiger charge is 2.68. The lowest BCUT2D eigenvalue weighted by Crippen LogP contribution is -2.69. The van der Waals surface area contributed by atoms with Gasteiger partial charge in [0.2, 0.25) is 0 Å². The molecule has 0 N–H and O–H groups in total. The van der Waals surface area contributed by atoms with Crippen molar-refractivity contribution < 1.29 is 9.22 Å². The second kappa shape index (κ2) is 4.00. The van der Waals surface area contributed by atoms with Crippen LogP contribution in [0.3, 0.4) is 0 Å². The predicted octanol–water partition coefficient (Wildman–Crippen LogP) is 3.95. The maximum absolute atomic E-state index is 11.5. The van der Waals surface area contributed by atoms with E-state index in [0.717, 1.165) is 38.4 Å². The average molecular weight is 321 g/mol. The zero-order chi connectivity index (χ0) is 14.1. The molecule has 108 valence electrons. The Bertz CT molecular complexity index is 400. The molecule has 0 heterocycles. The molecule has 0 aromatic heterocycles. The third-order valence-corrected chi connectivity index (χ3v) is 7.01. The summed E-state index contributed by atoms with van der Waals surface area (Å²) in [5.41, 5.74) is -0.172. The fourth-order valence-corrected chi connectivity index (χ4v) is 8.10. The lowest BCUT2D eigenvalue weighted by Gasteiger charge is -2.66. The molecule has 2 unspecified atom stereocenters. The van der Waals surface area contributed by atoms with E-state index < -0.39 is 18.1 Å². The van der Waals surface area contributed by atoms with Gasteiger partial charge in [0.1, 0.15) is 6.29 Å². The molecule has 0 aliphatic heterocycles. The van der Waals surface area contributed by atoms with Gasteiger partial charge in [-0.1, -0.05) is 0 Å². The fraction of sp³-hybridized carbons (Fsp3) is 0.929. The molecule has 0 radical (unpaired) electrons. The van der Waals surface area contributed by atoms with E-state index in [0.29, 0.717) is 5.92 Å². The minimum Gasteiger partial charge on any atom is -0.412 e. The second-order valence-electron chi connectivity index (χ2n) is 7.91. The first-order valence-corrected chi connectivity index (χ1v) is 11.3. The van der Waals surface area contributed by atoms with Crippen molar-refractivity contribution in [3.8, 4) is 0 Å². The molecule has 0 spiro atoms. The fourth-order valence-electron chi connectivity index (χ4n) is 5.07. The van der Waals surface area contributed by atoms with Gasteiger partial charge in [-0.05, 0) is 57.7 Å². The van der Waals surface area contributed by atoms with Crippen LogP contribution in [0.5, 0.6) is 0 Å². The van der Waals surface area contributed by atoms with E-state index >= 15 is 0 Å². The van der Waals surface area contributed by atoms with Gasteiger partial charge in [0.25, 0.3) is 0 Å². The first-order valence-electron chi connectivity index (χ1n) is 7.13. The zero-order valence-corrected chi connectivity index (χ0v) is 14.4. The zero-order valence-electron chi connectivity index (χ0n) is 11.8. The van der Waals surface area contributed by atoms with Crippen molar-refractivity contribution >= 4 is 37.8 Å². The molecule has 4 fully saturated rings. The van der Waals surface area contributed by atoms with Crippen molar-refractivity contribution in [1.29, 1.82) is 0 Å². The predicted molar refractivity (Wildman–Crippen MR) is 80.5 cm³/mol. The van der Waals surface area contributed by atoms with Crippen LogP contribution < -0.4 is 0 Å². The summed E-state index contributed by atoms with van der Waals surface area (Å²) >= 11 is 13.6. The molecule has 4 saturated carbocycles. The van der Waals surface area contributed by atoms with Gasteiger partial charge in [0.15, 0.2) is 8.32 Å². The highest BCUT2D eigenvalue weighted by molar-refractivity contribution is 6.69. The summed E-state index contributed by atoms with van der Waals surface area (Å²) in [7, 11) is -1.65. The van der Waals surface area contributed by atoms with Crippen molar-refractivity contribution in [3.05, 3.63) is 0 Å². The van der Waals surface area contributed by atoms with Gasteiger partial charge in [-0.15, -0.1) is 23.2 Å². The number of alkyl halides is 2. The number of halogens is 2. The summed E-state index contributed by atoms with van der Waals surface area (Å²) in [5, 5.41) is 0. The van der Waals surface area contributed by atoms with Gasteiger partial charge in [0, 0.05) is 0 Å². The Kier molecular flexibility index (Phi) is 3.02. The summed E-state index contributed by atoms with van der Waals surface area (Å²) < 4.78 is 6.52. The van der Waals surface area contributed by atoms with Crippen LogP contribution in [0.2, 0.25) is 19.6 Å². The van der Waals surface area contributed by atoms with Crippen LogP contribution in [0.1, 0.15) is 32.1 Å². The van der Waals surface area contributed by atoms with Crippen LogP contribution >= 0.6 is 23.2 Å². The van der Waals surface area contributed by atoms with Crippen LogP contribution in [-0.4, -0.2) is 30.0 Å². The minimum absolute atomic E-state index is 0.172. The molecule has 4 aliphatic carbocycles. The molecule has 4 bridgehead atoms. The lowest BCUT2D eigenvalue weighted by atomic mass is 9.49. The maximum Gasteiger partial charge on any atom is 0.184 e. The van der Waals surface area contributed by atoms with Gasteiger partial charge in [-0.3, -0.25) is 0 Å². The van der Waals surface area contributed by atoms with Crippen LogP contribution in [0.15, 0.2) is 0 Å². The second-order valence-corrected chi connectivity index (χ2v) is 13.8. The van der Waals surface area contributed by atoms with Crippen molar-refractivity contribution in [2.75, 3.05) is 0 Å². The summed E-state index contributed by atoms with van der Waals surface area (Å²) in [6, 6.07) is 0. The summed E-state index contributed by atoms with van der Waals surface area (Å²) in [6.45, 7) is 6.64. The molecule has 2 atom stereocenters. The standard InChI is InChI=1S/C14H22Cl2O2Si/c1-19(2,3)18-12-4-10-5-13(15,8-12)11(7-17)14(16,6-10)9-12/h7,10-11H,4-6,8-9H2,1-3H3. The Hall–Kier alpha value is 0.427. The molecule has 0 aromatic rings. The van der Waals surface area contributed by atoms with Crippen molar-refractivity contribution in [3.63, 3.8) is 0 Å². The highest BCUT2D eigenvalue weighted by Crippen LogP contribution is 2.67. The number of carbonyl (C=O) groups excluding carboxylic acids is 1. The van der Waals surface area contributed by atoms with Crippen molar-refractivity contribution in [1.82, 2.24) is 0 Å². The average Bonchev–Trinajstić information content (AvgIpc) is 2.07. The number of hydrogen-bond donors (Lipinski definition) is 0. The molecule has 19 heavy (non-hydrogen) atoms. The van der Waals surface area contributed by atoms with E-state index in [4.69, 9.17) is 27.6 Å². The molecular formula is C14H22Cl2O2Si. The largest absolute Gasteiger partial charge is 0.412 e. The third kappa shape index (κ3) is 2.21. The molecular weight excluding hydrogens is 299 g/mol. The van der Waals surface area contributed by atoms with E-state index in [1.165, 1.54) is 0 Å². The first-order chi connectivity index (χ1) is 8.60. The first kappa shape index (κ1) is 14.4. The van der Waals surface area contributed by atoms with Gasteiger partial charge >= 0.3 is 0 Å². The smallest absolute Gasteiger partial charge is 0.184 e. The molecule has 0 saturated heterocycles. The number of aldehydes is 1. The lowest BCUT2D eigenvalue weighted by molar-refractivity contribution is -0.137. The van der Waals surface area contributed by atoms with Gasteiger partial charge < -0.3 is 9.22 Å². The summed E-state index contributed by atoms with van der Waals surface area (Å²) in [4.78, 5) is 10.6. The SMILES string of the molecule is C[Si](C)(C)OC12CC3CC(Cl)(C1)C(C=O)C(Cl)(C3)C2. The normalized spacial score (nSPS) is 52.5. The molecule has 4 aliphatic rings. The monoisotopic (exact) mass is 320 g/mol. The van der Waals surface area contributed by atoms with Crippen LogP contribution in [0.4, 0.5) is 0 Å². The van der Waals surface area contributed by atoms with E-state index in [1.807, 2.05) is 0 Å². The molecule has 0 amide bonds. The maximum atomic E-state index is 11.5. The summed E-state index contributed by atoms with van der Waals surface area (Å²) in [6.07, 6.45) is 5.50. The summed E-state index contributed by atoms with van der Waals surface area (Å²) in [5.74, 6) is 0.295. The van der Waals surface area contributed by atoms with Crippen LogP contribution in [0.25, 0.3) is 0 Å². The van der Waals surface area contributed by atoms with E-state index in [-0.39, 0.29) is 11.5 Å². The topological polar surface area (TPSA) is 26.3 Å². The van der Waals surface area contributed by atoms with Crippen molar-refractivity contribution in [2.45, 2.75) is 67.1 Å². The Labute approximate surface area is 126 Å². The van der Waals surface area contributed by atoms with Gasteiger partial charge in [0.05, 0.1) is 21.3 Å². The van der Waals surface area contributed by atoms with Gasteiger partial charge in [-0.2, -0.15) is 0 Å². The van der Waals surface area contributed by atoms with Crippen LogP contribution in [-0.2, 0) is 9.22 Å². The van der Waals surface area contributed by atoms with E-state index in [9.17, 15) is 4.79 Å². The molecule has 0 aromatic carbocycles. The molecule has 4 rings (SSSR count). The quantitative estimate of drug-likeness (QED) is 0.447. The third-order valence-electron chi connectivity index (χ3n) is 4.92. The number of rotatable bonds is 3. The number of carbonyl (C=O) groups is 1. The Balaban J connectivity index is 1.98. The number of hydrogen-bond acceptors (Lipinski definition) is 2. The Morgan fingerprint density at radius 2 is 1.63 bits per heavy atom. The Morgan fingerprint density at radius 3 is 2.05 bits per heavy atom. The molecule has 2 nitrogen and oxygen atoms in total. The minimum atomic E-state index is -1.65. The van der Waals surface area contributed by atoms with Gasteiger partial charge in [-0.25, -0.2) is 0 Å².